The largest absolute Gasteiger partial charge is 0.415 e. The molecule has 3 nitrogen and oxygen atoms in total. The van der Waals surface area contributed by atoms with Crippen LogP contribution in [0.2, 0.25) is 0 Å². The maximum atomic E-state index is 12.1. The van der Waals surface area contributed by atoms with Gasteiger partial charge in [0.05, 0.1) is 0 Å². The Hall–Kier alpha value is -0.330. The minimum Gasteiger partial charge on any atom is -0.382 e. The Labute approximate surface area is 93.6 Å². The Morgan fingerprint density at radius 2 is 2.12 bits per heavy atom. The van der Waals surface area contributed by atoms with E-state index >= 15 is 0 Å². The molecule has 96 valence electrons. The van der Waals surface area contributed by atoms with Crippen LogP contribution in [0.5, 0.6) is 0 Å². The average Bonchev–Trinajstić information content (AvgIpc) is 2.17. The molecular formula is C10H19F3N2O. The van der Waals surface area contributed by atoms with E-state index in [2.05, 4.69) is 5.32 Å². The van der Waals surface area contributed by atoms with Gasteiger partial charge < -0.3 is 15.3 Å². The molecule has 0 amide bonds. The van der Waals surface area contributed by atoms with E-state index in [9.17, 15) is 13.2 Å². The molecule has 2 atom stereocenters. The summed E-state index contributed by atoms with van der Waals surface area (Å²) in [4.78, 5) is 1.53. The first-order valence-electron chi connectivity index (χ1n) is 5.56. The molecule has 1 saturated heterocycles. The quantitative estimate of drug-likeness (QED) is 0.769. The van der Waals surface area contributed by atoms with E-state index in [-0.39, 0.29) is 12.6 Å². The van der Waals surface area contributed by atoms with Crippen molar-refractivity contribution in [2.75, 3.05) is 26.7 Å². The second-order valence-electron chi connectivity index (χ2n) is 4.43. The Bertz CT molecular complexity index is 205. The number of halogens is 3. The van der Waals surface area contributed by atoms with E-state index in [1.807, 2.05) is 0 Å². The summed E-state index contributed by atoms with van der Waals surface area (Å²) in [6.45, 7) is 1.12. The SMILES string of the molecule is CN(CC1CCCCN1)CC(O)C(F)(F)F. The van der Waals surface area contributed by atoms with E-state index in [0.717, 1.165) is 25.8 Å². The number of hydrogen-bond acceptors (Lipinski definition) is 3. The van der Waals surface area contributed by atoms with Crippen molar-refractivity contribution >= 4 is 0 Å². The van der Waals surface area contributed by atoms with Crippen LogP contribution in [0.1, 0.15) is 19.3 Å². The highest BCUT2D eigenvalue weighted by Gasteiger charge is 2.38. The van der Waals surface area contributed by atoms with Gasteiger partial charge in [-0.1, -0.05) is 6.42 Å². The van der Waals surface area contributed by atoms with Gasteiger partial charge in [0.25, 0.3) is 0 Å². The van der Waals surface area contributed by atoms with E-state index in [1.165, 1.54) is 4.90 Å². The maximum Gasteiger partial charge on any atom is 0.415 e. The number of nitrogens with zero attached hydrogens (tertiary/aromatic N) is 1. The Morgan fingerprint density at radius 1 is 1.44 bits per heavy atom. The summed E-state index contributed by atoms with van der Waals surface area (Å²) in [5, 5.41) is 12.2. The number of hydrogen-bond donors (Lipinski definition) is 2. The van der Waals surface area contributed by atoms with Gasteiger partial charge in [-0.3, -0.25) is 0 Å². The van der Waals surface area contributed by atoms with E-state index in [0.29, 0.717) is 6.54 Å². The minimum absolute atomic E-state index is 0.249. The molecule has 2 N–H and O–H groups in total. The van der Waals surface area contributed by atoms with Crippen molar-refractivity contribution in [3.8, 4) is 0 Å². The van der Waals surface area contributed by atoms with Gasteiger partial charge in [-0.05, 0) is 26.4 Å². The van der Waals surface area contributed by atoms with Gasteiger partial charge in [-0.2, -0.15) is 13.2 Å². The molecule has 0 aromatic rings. The monoisotopic (exact) mass is 240 g/mol. The zero-order valence-electron chi connectivity index (χ0n) is 9.43. The van der Waals surface area contributed by atoms with Crippen LogP contribution in [-0.2, 0) is 0 Å². The van der Waals surface area contributed by atoms with Crippen molar-refractivity contribution in [3.05, 3.63) is 0 Å². The van der Waals surface area contributed by atoms with Gasteiger partial charge in [-0.25, -0.2) is 0 Å². The zero-order chi connectivity index (χ0) is 12.2. The Balaban J connectivity index is 2.26. The lowest BCUT2D eigenvalue weighted by Crippen LogP contribution is -2.46. The third-order valence-electron chi connectivity index (χ3n) is 2.81. The highest BCUT2D eigenvalue weighted by Crippen LogP contribution is 2.20. The molecule has 6 heteroatoms. The first-order valence-corrected chi connectivity index (χ1v) is 5.56. The standard InChI is InChI=1S/C10H19F3N2O/c1-15(7-9(16)10(11,12)13)6-8-4-2-3-5-14-8/h8-9,14,16H,2-7H2,1H3. The van der Waals surface area contributed by atoms with Crippen molar-refractivity contribution < 1.29 is 18.3 Å². The topological polar surface area (TPSA) is 35.5 Å². The molecule has 0 aromatic heterocycles. The first-order chi connectivity index (χ1) is 7.39. The normalized spacial score (nSPS) is 24.8. The van der Waals surface area contributed by atoms with Crippen molar-refractivity contribution in [3.63, 3.8) is 0 Å². The molecule has 1 aliphatic heterocycles. The highest BCUT2D eigenvalue weighted by molar-refractivity contribution is 4.77. The summed E-state index contributed by atoms with van der Waals surface area (Å²) in [6, 6.07) is 0.249. The fraction of sp³-hybridized carbons (Fsp3) is 1.00. The second-order valence-corrected chi connectivity index (χ2v) is 4.43. The van der Waals surface area contributed by atoms with Crippen LogP contribution in [0.15, 0.2) is 0 Å². The molecule has 1 heterocycles. The molecule has 0 bridgehead atoms. The van der Waals surface area contributed by atoms with Crippen molar-refractivity contribution in [2.24, 2.45) is 0 Å². The third-order valence-corrected chi connectivity index (χ3v) is 2.81. The Kier molecular flexibility index (Phi) is 5.01. The predicted octanol–water partition coefficient (Wildman–Crippen LogP) is 0.983. The van der Waals surface area contributed by atoms with E-state index in [4.69, 9.17) is 5.11 Å². The third kappa shape index (κ3) is 4.67. The smallest absolute Gasteiger partial charge is 0.382 e. The zero-order valence-corrected chi connectivity index (χ0v) is 9.43. The van der Waals surface area contributed by atoms with Gasteiger partial charge in [-0.15, -0.1) is 0 Å². The summed E-state index contributed by atoms with van der Waals surface area (Å²) < 4.78 is 36.3. The van der Waals surface area contributed by atoms with Gasteiger partial charge in [0.15, 0.2) is 6.10 Å². The van der Waals surface area contributed by atoms with Gasteiger partial charge >= 0.3 is 6.18 Å². The number of aliphatic hydroxyl groups is 1. The molecule has 0 saturated carbocycles. The van der Waals surface area contributed by atoms with Crippen LogP contribution in [0.3, 0.4) is 0 Å². The molecule has 0 radical (unpaired) electrons. The number of nitrogens with one attached hydrogen (secondary N) is 1. The van der Waals surface area contributed by atoms with Gasteiger partial charge in [0.1, 0.15) is 0 Å². The molecule has 1 fully saturated rings. The summed E-state index contributed by atoms with van der Waals surface area (Å²) in [6.07, 6.45) is -3.53. The van der Waals surface area contributed by atoms with E-state index in [1.54, 1.807) is 7.05 Å². The molecule has 2 unspecified atom stereocenters. The van der Waals surface area contributed by atoms with Crippen LogP contribution in [0.4, 0.5) is 13.2 Å². The molecule has 1 rings (SSSR count). The number of rotatable bonds is 4. The Morgan fingerprint density at radius 3 is 2.62 bits per heavy atom. The molecule has 16 heavy (non-hydrogen) atoms. The number of likely N-dealkylation sites (N-methyl/N-ethyl adjacent to an activating group) is 1. The fourth-order valence-corrected chi connectivity index (χ4v) is 1.93. The lowest BCUT2D eigenvalue weighted by molar-refractivity contribution is -0.207. The molecule has 1 aliphatic rings. The fourth-order valence-electron chi connectivity index (χ4n) is 1.93. The maximum absolute atomic E-state index is 12.1. The minimum atomic E-state index is -4.52. The van der Waals surface area contributed by atoms with Crippen molar-refractivity contribution in [1.29, 1.82) is 0 Å². The molecule has 0 aliphatic carbocycles. The van der Waals surface area contributed by atoms with Crippen LogP contribution < -0.4 is 5.32 Å². The summed E-state index contributed by atoms with van der Waals surface area (Å²) >= 11 is 0. The molecular weight excluding hydrogens is 221 g/mol. The number of piperidine rings is 1. The molecule has 0 aromatic carbocycles. The van der Waals surface area contributed by atoms with Crippen molar-refractivity contribution in [2.45, 2.75) is 37.6 Å². The van der Waals surface area contributed by atoms with E-state index < -0.39 is 12.3 Å². The average molecular weight is 240 g/mol. The number of alkyl halides is 3. The van der Waals surface area contributed by atoms with Crippen LogP contribution in [-0.4, -0.2) is 55.0 Å². The summed E-state index contributed by atoms with van der Waals surface area (Å²) in [5.41, 5.74) is 0. The summed E-state index contributed by atoms with van der Waals surface area (Å²) in [5.74, 6) is 0. The second kappa shape index (κ2) is 5.84. The lowest BCUT2D eigenvalue weighted by atomic mass is 10.0. The predicted molar refractivity (Wildman–Crippen MR) is 55.2 cm³/mol. The van der Waals surface area contributed by atoms with Crippen LogP contribution >= 0.6 is 0 Å². The summed E-state index contributed by atoms with van der Waals surface area (Å²) in [7, 11) is 1.60. The van der Waals surface area contributed by atoms with Crippen LogP contribution in [0.25, 0.3) is 0 Å². The van der Waals surface area contributed by atoms with Crippen molar-refractivity contribution in [1.82, 2.24) is 10.2 Å². The van der Waals surface area contributed by atoms with Gasteiger partial charge in [0, 0.05) is 19.1 Å². The van der Waals surface area contributed by atoms with Crippen LogP contribution in [0, 0.1) is 0 Å². The first kappa shape index (κ1) is 13.7. The molecule has 0 spiro atoms. The highest BCUT2D eigenvalue weighted by atomic mass is 19.4. The number of aliphatic hydroxyl groups excluding tert-OH is 1. The lowest BCUT2D eigenvalue weighted by Gasteiger charge is -2.29. The van der Waals surface area contributed by atoms with Gasteiger partial charge in [0.2, 0.25) is 0 Å².